The lowest BCUT2D eigenvalue weighted by molar-refractivity contribution is 0.281. The van der Waals surface area contributed by atoms with Crippen molar-refractivity contribution in [3.05, 3.63) is 29.7 Å². The Morgan fingerprint density at radius 1 is 1.50 bits per heavy atom. The second kappa shape index (κ2) is 3.48. The zero-order chi connectivity index (χ0) is 9.97. The van der Waals surface area contributed by atoms with E-state index in [1.807, 2.05) is 6.07 Å². The van der Waals surface area contributed by atoms with Crippen molar-refractivity contribution in [1.82, 2.24) is 4.98 Å². The lowest BCUT2D eigenvalue weighted by Crippen LogP contribution is -1.81. The topological polar surface area (TPSA) is 70.0 Å². The summed E-state index contributed by atoms with van der Waals surface area (Å²) in [6.45, 7) is -0.0848. The van der Waals surface area contributed by atoms with E-state index in [9.17, 15) is 0 Å². The molecule has 0 saturated carbocycles. The number of aromatic nitrogens is 1. The molecule has 0 atom stereocenters. The van der Waals surface area contributed by atoms with Gasteiger partial charge < -0.3 is 9.52 Å². The molecule has 0 amide bonds. The summed E-state index contributed by atoms with van der Waals surface area (Å²) in [7, 11) is 0. The van der Waals surface area contributed by atoms with Crippen LogP contribution in [0.5, 0.6) is 0 Å². The highest BCUT2D eigenvalue weighted by molar-refractivity contribution is 5.76. The molecule has 0 spiro atoms. The third-order valence-electron chi connectivity index (χ3n) is 1.94. The number of aliphatic hydroxyl groups is 1. The molecule has 2 aromatic rings. The SMILES string of the molecule is N#CCc1nc2cccc(CO)c2o1. The van der Waals surface area contributed by atoms with Crippen LogP contribution in [0.25, 0.3) is 11.1 Å². The van der Waals surface area contributed by atoms with Crippen molar-refractivity contribution >= 4 is 11.1 Å². The summed E-state index contributed by atoms with van der Waals surface area (Å²) in [5, 5.41) is 17.5. The summed E-state index contributed by atoms with van der Waals surface area (Å²) in [5.41, 5.74) is 1.95. The molecule has 0 fully saturated rings. The Morgan fingerprint density at radius 2 is 2.36 bits per heavy atom. The van der Waals surface area contributed by atoms with E-state index in [1.165, 1.54) is 0 Å². The van der Waals surface area contributed by atoms with E-state index in [0.717, 1.165) is 0 Å². The molecule has 4 heteroatoms. The van der Waals surface area contributed by atoms with Crippen LogP contribution in [-0.4, -0.2) is 10.1 Å². The molecule has 0 radical (unpaired) electrons. The third-order valence-corrected chi connectivity index (χ3v) is 1.94. The average molecular weight is 188 g/mol. The van der Waals surface area contributed by atoms with Crippen molar-refractivity contribution in [2.75, 3.05) is 0 Å². The number of nitriles is 1. The summed E-state index contributed by atoms with van der Waals surface area (Å²) in [6, 6.07) is 7.32. The molecule has 0 aliphatic rings. The van der Waals surface area contributed by atoms with Crippen molar-refractivity contribution in [2.45, 2.75) is 13.0 Å². The molecule has 70 valence electrons. The van der Waals surface area contributed by atoms with E-state index in [0.29, 0.717) is 22.6 Å². The second-order valence-electron chi connectivity index (χ2n) is 2.87. The number of rotatable bonds is 2. The van der Waals surface area contributed by atoms with Gasteiger partial charge in [-0.1, -0.05) is 12.1 Å². The molecule has 0 aliphatic heterocycles. The maximum Gasteiger partial charge on any atom is 0.209 e. The molecule has 1 N–H and O–H groups in total. The summed E-state index contributed by atoms with van der Waals surface area (Å²) >= 11 is 0. The summed E-state index contributed by atoms with van der Waals surface area (Å²) in [5.74, 6) is 0.392. The number of oxazole rings is 1. The van der Waals surface area contributed by atoms with Gasteiger partial charge in [0.25, 0.3) is 0 Å². The van der Waals surface area contributed by atoms with Crippen LogP contribution in [0.15, 0.2) is 22.6 Å². The standard InChI is InChI=1S/C10H8N2O2/c11-5-4-9-12-8-3-1-2-7(6-13)10(8)14-9/h1-3,13H,4,6H2. The van der Waals surface area contributed by atoms with Crippen LogP contribution < -0.4 is 0 Å². The average Bonchev–Trinajstić information content (AvgIpc) is 2.60. The van der Waals surface area contributed by atoms with Gasteiger partial charge in [0.1, 0.15) is 11.9 Å². The number of hydrogen-bond donors (Lipinski definition) is 1. The molecule has 1 heterocycles. The maximum atomic E-state index is 9.02. The zero-order valence-electron chi connectivity index (χ0n) is 7.40. The first-order valence-corrected chi connectivity index (χ1v) is 4.20. The molecule has 0 aliphatic carbocycles. The van der Waals surface area contributed by atoms with Gasteiger partial charge in [-0.3, -0.25) is 0 Å². The maximum absolute atomic E-state index is 9.02. The Bertz CT molecular complexity index is 496. The minimum atomic E-state index is -0.0848. The van der Waals surface area contributed by atoms with Crippen molar-refractivity contribution in [3.63, 3.8) is 0 Å². The fourth-order valence-corrected chi connectivity index (χ4v) is 1.32. The third kappa shape index (κ3) is 1.34. The van der Waals surface area contributed by atoms with E-state index in [2.05, 4.69) is 4.98 Å². The van der Waals surface area contributed by atoms with Gasteiger partial charge in [0.15, 0.2) is 5.58 Å². The monoisotopic (exact) mass is 188 g/mol. The van der Waals surface area contributed by atoms with Gasteiger partial charge in [-0.05, 0) is 6.07 Å². The van der Waals surface area contributed by atoms with Crippen LogP contribution in [0, 0.1) is 11.3 Å². The van der Waals surface area contributed by atoms with Crippen LogP contribution in [0.4, 0.5) is 0 Å². The van der Waals surface area contributed by atoms with Gasteiger partial charge >= 0.3 is 0 Å². The van der Waals surface area contributed by atoms with Gasteiger partial charge in [0.2, 0.25) is 5.89 Å². The molecule has 2 rings (SSSR count). The van der Waals surface area contributed by atoms with Gasteiger partial charge in [0.05, 0.1) is 12.7 Å². The first-order chi connectivity index (χ1) is 6.85. The van der Waals surface area contributed by atoms with Crippen LogP contribution in [-0.2, 0) is 13.0 Å². The van der Waals surface area contributed by atoms with Gasteiger partial charge in [-0.2, -0.15) is 5.26 Å². The lowest BCUT2D eigenvalue weighted by atomic mass is 10.2. The fourth-order valence-electron chi connectivity index (χ4n) is 1.32. The first kappa shape index (κ1) is 8.73. The van der Waals surface area contributed by atoms with E-state index in [4.69, 9.17) is 14.8 Å². The molecular formula is C10H8N2O2. The predicted molar refractivity (Wildman–Crippen MR) is 49.2 cm³/mol. The number of benzene rings is 1. The fraction of sp³-hybridized carbons (Fsp3) is 0.200. The zero-order valence-corrected chi connectivity index (χ0v) is 7.40. The normalized spacial score (nSPS) is 10.3. The molecule has 0 saturated heterocycles. The summed E-state index contributed by atoms with van der Waals surface area (Å²) in [4.78, 5) is 4.11. The molecule has 1 aromatic heterocycles. The Hall–Kier alpha value is -1.86. The number of aliphatic hydroxyl groups excluding tert-OH is 1. The number of hydrogen-bond acceptors (Lipinski definition) is 4. The Balaban J connectivity index is 2.59. The second-order valence-corrected chi connectivity index (χ2v) is 2.87. The Morgan fingerprint density at radius 3 is 3.07 bits per heavy atom. The van der Waals surface area contributed by atoms with E-state index < -0.39 is 0 Å². The first-order valence-electron chi connectivity index (χ1n) is 4.20. The van der Waals surface area contributed by atoms with E-state index in [1.54, 1.807) is 18.2 Å². The summed E-state index contributed by atoms with van der Waals surface area (Å²) < 4.78 is 5.34. The molecule has 0 bridgehead atoms. The quantitative estimate of drug-likeness (QED) is 0.773. The molecule has 14 heavy (non-hydrogen) atoms. The van der Waals surface area contributed by atoms with Gasteiger partial charge in [-0.15, -0.1) is 0 Å². The van der Waals surface area contributed by atoms with Crippen molar-refractivity contribution in [2.24, 2.45) is 0 Å². The van der Waals surface area contributed by atoms with Crippen molar-refractivity contribution in [3.8, 4) is 6.07 Å². The van der Waals surface area contributed by atoms with E-state index in [-0.39, 0.29) is 13.0 Å². The van der Waals surface area contributed by atoms with Crippen LogP contribution in [0.1, 0.15) is 11.5 Å². The van der Waals surface area contributed by atoms with Crippen LogP contribution in [0.2, 0.25) is 0 Å². The minimum absolute atomic E-state index is 0.0848. The van der Waals surface area contributed by atoms with Crippen LogP contribution >= 0.6 is 0 Å². The number of nitrogens with zero attached hydrogens (tertiary/aromatic N) is 2. The van der Waals surface area contributed by atoms with Gasteiger partial charge in [0, 0.05) is 5.56 Å². The Labute approximate surface area is 80.4 Å². The molecular weight excluding hydrogens is 180 g/mol. The molecule has 1 aromatic carbocycles. The van der Waals surface area contributed by atoms with Crippen molar-refractivity contribution < 1.29 is 9.52 Å². The molecule has 4 nitrogen and oxygen atoms in total. The highest BCUT2D eigenvalue weighted by atomic mass is 16.3. The predicted octanol–water partition coefficient (Wildman–Crippen LogP) is 1.39. The highest BCUT2D eigenvalue weighted by Crippen LogP contribution is 2.19. The van der Waals surface area contributed by atoms with Gasteiger partial charge in [-0.25, -0.2) is 4.98 Å². The number of para-hydroxylation sites is 1. The minimum Gasteiger partial charge on any atom is -0.439 e. The number of fused-ring (bicyclic) bond motifs is 1. The van der Waals surface area contributed by atoms with Crippen molar-refractivity contribution in [1.29, 1.82) is 5.26 Å². The highest BCUT2D eigenvalue weighted by Gasteiger charge is 2.08. The largest absolute Gasteiger partial charge is 0.439 e. The smallest absolute Gasteiger partial charge is 0.209 e. The van der Waals surface area contributed by atoms with Crippen LogP contribution in [0.3, 0.4) is 0 Å². The summed E-state index contributed by atoms with van der Waals surface area (Å²) in [6.07, 6.45) is 0.152. The van der Waals surface area contributed by atoms with E-state index >= 15 is 0 Å². The molecule has 0 unspecified atom stereocenters. The lowest BCUT2D eigenvalue weighted by Gasteiger charge is -1.93. The Kier molecular flexibility index (Phi) is 2.17.